The standard InChI is InChI=1S/C15H17N3OS/c1-10(2)9-18-15(19)12(14(16)20)8-13(17-18)11-6-4-3-5-7-11/h3-8,10H,9H2,1-2H3,(H2,16,20). The molecule has 0 radical (unpaired) electrons. The molecule has 0 aliphatic heterocycles. The summed E-state index contributed by atoms with van der Waals surface area (Å²) in [7, 11) is 0. The maximum absolute atomic E-state index is 12.3. The van der Waals surface area contributed by atoms with E-state index in [1.165, 1.54) is 4.68 Å². The zero-order valence-electron chi connectivity index (χ0n) is 11.5. The number of hydrogen-bond donors (Lipinski definition) is 1. The first-order valence-corrected chi connectivity index (χ1v) is 6.87. The van der Waals surface area contributed by atoms with Gasteiger partial charge in [0.1, 0.15) is 4.99 Å². The van der Waals surface area contributed by atoms with E-state index in [0.717, 1.165) is 5.56 Å². The Morgan fingerprint density at radius 2 is 2.00 bits per heavy atom. The highest BCUT2D eigenvalue weighted by Crippen LogP contribution is 2.16. The number of rotatable bonds is 4. The fourth-order valence-corrected chi connectivity index (χ4v) is 2.08. The highest BCUT2D eigenvalue weighted by Gasteiger charge is 2.12. The molecule has 0 unspecified atom stereocenters. The number of nitrogens with two attached hydrogens (primary N) is 1. The maximum Gasteiger partial charge on any atom is 0.277 e. The van der Waals surface area contributed by atoms with E-state index in [9.17, 15) is 4.79 Å². The van der Waals surface area contributed by atoms with Gasteiger partial charge in [-0.05, 0) is 12.0 Å². The van der Waals surface area contributed by atoms with Gasteiger partial charge in [-0.2, -0.15) is 5.10 Å². The van der Waals surface area contributed by atoms with Crippen molar-refractivity contribution in [2.24, 2.45) is 11.7 Å². The minimum atomic E-state index is -0.231. The van der Waals surface area contributed by atoms with Crippen molar-refractivity contribution in [3.63, 3.8) is 0 Å². The third-order valence-electron chi connectivity index (χ3n) is 2.85. The molecule has 4 nitrogen and oxygen atoms in total. The third kappa shape index (κ3) is 3.11. The van der Waals surface area contributed by atoms with Crippen molar-refractivity contribution in [2.75, 3.05) is 0 Å². The van der Waals surface area contributed by atoms with Crippen LogP contribution in [0.5, 0.6) is 0 Å². The van der Waals surface area contributed by atoms with E-state index in [-0.39, 0.29) is 10.5 Å². The van der Waals surface area contributed by atoms with E-state index >= 15 is 0 Å². The second-order valence-electron chi connectivity index (χ2n) is 5.05. The molecule has 20 heavy (non-hydrogen) atoms. The van der Waals surface area contributed by atoms with E-state index in [2.05, 4.69) is 5.10 Å². The maximum atomic E-state index is 12.3. The van der Waals surface area contributed by atoms with Gasteiger partial charge >= 0.3 is 0 Å². The van der Waals surface area contributed by atoms with Crippen molar-refractivity contribution < 1.29 is 0 Å². The van der Waals surface area contributed by atoms with Crippen LogP contribution in [0.15, 0.2) is 41.2 Å². The van der Waals surface area contributed by atoms with Crippen molar-refractivity contribution in [1.29, 1.82) is 0 Å². The molecule has 0 aliphatic rings. The number of hydrogen-bond acceptors (Lipinski definition) is 3. The Bertz CT molecular complexity index is 677. The fraction of sp³-hybridized carbons (Fsp3) is 0.267. The summed E-state index contributed by atoms with van der Waals surface area (Å²) in [5, 5.41) is 4.41. The number of nitrogens with zero attached hydrogens (tertiary/aromatic N) is 2. The van der Waals surface area contributed by atoms with Crippen LogP contribution >= 0.6 is 12.2 Å². The second kappa shape index (κ2) is 5.96. The van der Waals surface area contributed by atoms with Crippen LogP contribution in [0.4, 0.5) is 0 Å². The van der Waals surface area contributed by atoms with E-state index in [1.807, 2.05) is 44.2 Å². The zero-order valence-corrected chi connectivity index (χ0v) is 12.4. The molecule has 0 spiro atoms. The van der Waals surface area contributed by atoms with Crippen molar-refractivity contribution in [3.05, 3.63) is 52.3 Å². The highest BCUT2D eigenvalue weighted by atomic mass is 32.1. The van der Waals surface area contributed by atoms with Gasteiger partial charge in [0.15, 0.2) is 0 Å². The predicted octanol–water partition coefficient (Wildman–Crippen LogP) is 2.20. The lowest BCUT2D eigenvalue weighted by molar-refractivity contribution is 0.465. The van der Waals surface area contributed by atoms with Gasteiger partial charge in [0.05, 0.1) is 11.3 Å². The summed E-state index contributed by atoms with van der Waals surface area (Å²) in [5.74, 6) is 0.311. The Morgan fingerprint density at radius 3 is 2.55 bits per heavy atom. The van der Waals surface area contributed by atoms with Crippen LogP contribution in [0.2, 0.25) is 0 Å². The lowest BCUT2D eigenvalue weighted by Crippen LogP contribution is -2.32. The summed E-state index contributed by atoms with van der Waals surface area (Å²) >= 11 is 4.97. The zero-order chi connectivity index (χ0) is 14.7. The van der Waals surface area contributed by atoms with Gasteiger partial charge in [0.2, 0.25) is 0 Å². The van der Waals surface area contributed by atoms with Gasteiger partial charge in [0, 0.05) is 12.1 Å². The fourth-order valence-electron chi connectivity index (χ4n) is 1.94. The average Bonchev–Trinajstić information content (AvgIpc) is 2.41. The van der Waals surface area contributed by atoms with Crippen molar-refractivity contribution in [2.45, 2.75) is 20.4 Å². The molecule has 5 heteroatoms. The Morgan fingerprint density at radius 1 is 1.35 bits per heavy atom. The van der Waals surface area contributed by atoms with E-state index in [0.29, 0.717) is 23.7 Å². The van der Waals surface area contributed by atoms with Gasteiger partial charge in [0.25, 0.3) is 5.56 Å². The summed E-state index contributed by atoms with van der Waals surface area (Å²) in [6.07, 6.45) is 0. The smallest absolute Gasteiger partial charge is 0.277 e. The molecular weight excluding hydrogens is 270 g/mol. The van der Waals surface area contributed by atoms with Crippen LogP contribution in [0.1, 0.15) is 19.4 Å². The molecule has 0 saturated carbocycles. The van der Waals surface area contributed by atoms with E-state index < -0.39 is 0 Å². The molecule has 0 saturated heterocycles. The molecular formula is C15H17N3OS. The van der Waals surface area contributed by atoms with Gasteiger partial charge in [-0.3, -0.25) is 4.79 Å². The molecule has 0 fully saturated rings. The quantitative estimate of drug-likeness (QED) is 0.876. The first-order valence-electron chi connectivity index (χ1n) is 6.46. The molecule has 2 N–H and O–H groups in total. The monoisotopic (exact) mass is 287 g/mol. The van der Waals surface area contributed by atoms with E-state index in [4.69, 9.17) is 18.0 Å². The molecule has 1 aromatic heterocycles. The topological polar surface area (TPSA) is 60.9 Å². The lowest BCUT2D eigenvalue weighted by Gasteiger charge is -2.12. The van der Waals surface area contributed by atoms with Crippen molar-refractivity contribution >= 4 is 17.2 Å². The lowest BCUT2D eigenvalue weighted by atomic mass is 10.1. The Labute approximate surface area is 123 Å². The minimum Gasteiger partial charge on any atom is -0.389 e. The summed E-state index contributed by atoms with van der Waals surface area (Å²) < 4.78 is 1.45. The molecule has 1 heterocycles. The Kier molecular flexibility index (Phi) is 4.29. The molecule has 1 aromatic carbocycles. The van der Waals surface area contributed by atoms with Crippen molar-refractivity contribution in [1.82, 2.24) is 9.78 Å². The number of benzene rings is 1. The molecule has 0 bridgehead atoms. The number of aromatic nitrogens is 2. The minimum absolute atomic E-state index is 0.104. The molecule has 104 valence electrons. The summed E-state index contributed by atoms with van der Waals surface area (Å²) in [4.78, 5) is 12.4. The Balaban J connectivity index is 2.62. The molecule has 0 aliphatic carbocycles. The molecule has 0 atom stereocenters. The van der Waals surface area contributed by atoms with Gasteiger partial charge in [-0.25, -0.2) is 4.68 Å². The van der Waals surface area contributed by atoms with Crippen LogP contribution in [0.3, 0.4) is 0 Å². The SMILES string of the molecule is CC(C)Cn1nc(-c2ccccc2)cc(C(N)=S)c1=O. The van der Waals surface area contributed by atoms with Crippen LogP contribution in [0.25, 0.3) is 11.3 Å². The summed E-state index contributed by atoms with van der Waals surface area (Å²) in [6.45, 7) is 4.60. The van der Waals surface area contributed by atoms with E-state index in [1.54, 1.807) is 6.07 Å². The molecule has 2 aromatic rings. The summed E-state index contributed by atoms with van der Waals surface area (Å²) in [6, 6.07) is 11.3. The first kappa shape index (κ1) is 14.4. The number of thiocarbonyl (C=S) groups is 1. The van der Waals surface area contributed by atoms with Crippen LogP contribution in [0, 0.1) is 5.92 Å². The largest absolute Gasteiger partial charge is 0.389 e. The molecule has 2 rings (SSSR count). The third-order valence-corrected chi connectivity index (χ3v) is 3.07. The normalized spacial score (nSPS) is 10.8. The first-order chi connectivity index (χ1) is 9.49. The van der Waals surface area contributed by atoms with Gasteiger partial charge < -0.3 is 5.73 Å². The van der Waals surface area contributed by atoms with Gasteiger partial charge in [-0.1, -0.05) is 56.4 Å². The van der Waals surface area contributed by atoms with Gasteiger partial charge in [-0.15, -0.1) is 0 Å². The van der Waals surface area contributed by atoms with Crippen LogP contribution < -0.4 is 11.3 Å². The summed E-state index contributed by atoms with van der Waals surface area (Å²) in [5.41, 5.74) is 7.40. The molecule has 0 amide bonds. The van der Waals surface area contributed by atoms with Crippen LogP contribution in [-0.4, -0.2) is 14.8 Å². The average molecular weight is 287 g/mol. The Hall–Kier alpha value is -2.01. The predicted molar refractivity (Wildman–Crippen MR) is 84.7 cm³/mol. The van der Waals surface area contributed by atoms with Crippen molar-refractivity contribution in [3.8, 4) is 11.3 Å². The second-order valence-corrected chi connectivity index (χ2v) is 5.49. The highest BCUT2D eigenvalue weighted by molar-refractivity contribution is 7.80. The van der Waals surface area contributed by atoms with Crippen LogP contribution in [-0.2, 0) is 6.54 Å².